The first-order valence-electron chi connectivity index (χ1n) is 10.2. The van der Waals surface area contributed by atoms with Crippen molar-refractivity contribution < 1.29 is 19.2 Å². The Kier molecular flexibility index (Phi) is 4.38. The Bertz CT molecular complexity index is 1100. The van der Waals surface area contributed by atoms with Crippen LogP contribution in [0.5, 0.6) is 0 Å². The molecule has 2 atom stereocenters. The van der Waals surface area contributed by atoms with Crippen molar-refractivity contribution in [2.75, 3.05) is 13.2 Å². The van der Waals surface area contributed by atoms with Gasteiger partial charge in [-0.05, 0) is 39.3 Å². The summed E-state index contributed by atoms with van der Waals surface area (Å²) in [7, 11) is 0. The van der Waals surface area contributed by atoms with E-state index in [2.05, 4.69) is 9.98 Å². The number of hydroxylamine groups is 2. The molecule has 0 radical (unpaired) electrons. The van der Waals surface area contributed by atoms with Gasteiger partial charge < -0.3 is 20.2 Å². The lowest BCUT2D eigenvalue weighted by atomic mass is 9.97. The van der Waals surface area contributed by atoms with E-state index in [1.165, 1.54) is 5.06 Å². The normalized spacial score (nSPS) is 22.5. The zero-order valence-corrected chi connectivity index (χ0v) is 17.6. The van der Waals surface area contributed by atoms with Gasteiger partial charge in [-0.25, -0.2) is 14.8 Å². The van der Waals surface area contributed by atoms with E-state index in [1.54, 1.807) is 27.1 Å². The van der Waals surface area contributed by atoms with Crippen LogP contribution in [0.1, 0.15) is 61.1 Å². The summed E-state index contributed by atoms with van der Waals surface area (Å²) in [6.07, 6.45) is 1.79. The third-order valence-electron chi connectivity index (χ3n) is 5.54. The number of nitrogens with two attached hydrogens (primary N) is 1. The van der Waals surface area contributed by atoms with Gasteiger partial charge in [0.2, 0.25) is 0 Å². The molecule has 3 aliphatic heterocycles. The molecule has 1 fully saturated rings. The van der Waals surface area contributed by atoms with Crippen LogP contribution in [0.3, 0.4) is 0 Å². The number of benzene rings is 1. The second-order valence-corrected chi connectivity index (χ2v) is 8.71. The van der Waals surface area contributed by atoms with Gasteiger partial charge in [0.05, 0.1) is 36.0 Å². The number of hydrogen-bond acceptors (Lipinski definition) is 8. The average Bonchev–Trinajstić information content (AvgIpc) is 3.28. The van der Waals surface area contributed by atoms with Crippen molar-refractivity contribution >= 4 is 17.8 Å². The molecule has 4 heterocycles. The van der Waals surface area contributed by atoms with Crippen LogP contribution in [0.25, 0.3) is 5.69 Å². The van der Waals surface area contributed by atoms with Crippen LogP contribution in [0.2, 0.25) is 0 Å². The van der Waals surface area contributed by atoms with Gasteiger partial charge >= 0.3 is 11.9 Å². The molecule has 0 spiro atoms. The largest absolute Gasteiger partial charge is 0.453 e. The van der Waals surface area contributed by atoms with E-state index in [-0.39, 0.29) is 24.5 Å². The Morgan fingerprint density at radius 2 is 2.10 bits per heavy atom. The van der Waals surface area contributed by atoms with Gasteiger partial charge in [0.25, 0.3) is 5.91 Å². The molecule has 0 saturated carbocycles. The molecule has 1 unspecified atom stereocenters. The molecule has 162 valence electrons. The van der Waals surface area contributed by atoms with Crippen molar-refractivity contribution in [3.63, 3.8) is 0 Å². The minimum absolute atomic E-state index is 0.00204. The van der Waals surface area contributed by atoms with E-state index in [0.29, 0.717) is 17.8 Å². The molecule has 1 saturated heterocycles. The highest BCUT2D eigenvalue weighted by Gasteiger charge is 2.45. The number of para-hydroxylation sites is 1. The van der Waals surface area contributed by atoms with E-state index in [9.17, 15) is 9.59 Å². The molecule has 0 aliphatic carbocycles. The van der Waals surface area contributed by atoms with E-state index in [4.69, 9.17) is 15.3 Å². The van der Waals surface area contributed by atoms with Crippen LogP contribution in [0, 0.1) is 0 Å². The quantitative estimate of drug-likeness (QED) is 0.745. The van der Waals surface area contributed by atoms with E-state index < -0.39 is 17.7 Å². The number of imidazole rings is 1. The summed E-state index contributed by atoms with van der Waals surface area (Å²) >= 11 is 0. The lowest BCUT2D eigenvalue weighted by Crippen LogP contribution is -2.45. The molecule has 1 aromatic carbocycles. The summed E-state index contributed by atoms with van der Waals surface area (Å²) in [5.41, 5.74) is 8.05. The van der Waals surface area contributed by atoms with Crippen LogP contribution in [-0.2, 0) is 14.4 Å². The smallest absolute Gasteiger partial charge is 0.396 e. The Morgan fingerprint density at radius 3 is 2.77 bits per heavy atom. The molecule has 3 aliphatic rings. The average molecular weight is 424 g/mol. The highest BCUT2D eigenvalue weighted by Crippen LogP contribution is 2.43. The molecule has 1 amide bonds. The molecular weight excluding hydrogens is 400 g/mol. The Hall–Kier alpha value is -3.24. The van der Waals surface area contributed by atoms with E-state index >= 15 is 0 Å². The summed E-state index contributed by atoms with van der Waals surface area (Å²) in [6.45, 7) is 5.99. The fourth-order valence-corrected chi connectivity index (χ4v) is 4.13. The molecule has 10 heteroatoms. The molecule has 5 rings (SSSR count). The van der Waals surface area contributed by atoms with Gasteiger partial charge in [-0.1, -0.05) is 17.2 Å². The second-order valence-electron chi connectivity index (χ2n) is 8.71. The van der Waals surface area contributed by atoms with Gasteiger partial charge in [0.1, 0.15) is 11.3 Å². The van der Waals surface area contributed by atoms with Crippen molar-refractivity contribution in [1.29, 1.82) is 0 Å². The standard InChI is InChI=1S/C21H24N6O4/c1-21(2,3)30-20(29)18-24-17(27(10-22)31-18)15-16-14-8-9-25(14)19(28)12-6-4-5-7-13(12)26(16)11-23-15/h4-7,11,14,17H,8-10,22H2,1-3H3/t14-,17?/m0/s1. The first kappa shape index (κ1) is 19.7. The third-order valence-corrected chi connectivity index (χ3v) is 5.54. The highest BCUT2D eigenvalue weighted by atomic mass is 16.7. The van der Waals surface area contributed by atoms with E-state index in [0.717, 1.165) is 17.8 Å². The first-order valence-corrected chi connectivity index (χ1v) is 10.2. The predicted molar refractivity (Wildman–Crippen MR) is 110 cm³/mol. The molecule has 31 heavy (non-hydrogen) atoms. The summed E-state index contributed by atoms with van der Waals surface area (Å²) in [4.78, 5) is 42.0. The van der Waals surface area contributed by atoms with Crippen molar-refractivity contribution in [1.82, 2.24) is 19.5 Å². The molecule has 2 aromatic rings. The van der Waals surface area contributed by atoms with Gasteiger partial charge in [-0.3, -0.25) is 9.36 Å². The minimum Gasteiger partial charge on any atom is -0.453 e. The van der Waals surface area contributed by atoms with Crippen LogP contribution < -0.4 is 5.73 Å². The van der Waals surface area contributed by atoms with Gasteiger partial charge in [-0.2, -0.15) is 0 Å². The number of nitrogens with zero attached hydrogens (tertiary/aromatic N) is 5. The number of carbonyl (C=O) groups is 2. The number of rotatable bonds is 3. The number of hydrogen-bond donors (Lipinski definition) is 1. The number of esters is 1. The Balaban J connectivity index is 1.58. The number of carbonyl (C=O) groups excluding carboxylic acids is 2. The first-order chi connectivity index (χ1) is 14.8. The van der Waals surface area contributed by atoms with Crippen molar-refractivity contribution in [2.24, 2.45) is 10.7 Å². The van der Waals surface area contributed by atoms with Crippen molar-refractivity contribution in [3.8, 4) is 5.69 Å². The molecule has 1 aromatic heterocycles. The van der Waals surface area contributed by atoms with Crippen LogP contribution >= 0.6 is 0 Å². The zero-order valence-electron chi connectivity index (χ0n) is 17.6. The molecule has 10 nitrogen and oxygen atoms in total. The van der Waals surface area contributed by atoms with Crippen molar-refractivity contribution in [2.45, 2.75) is 45.0 Å². The molecule has 2 N–H and O–H groups in total. The maximum Gasteiger partial charge on any atom is 0.396 e. The summed E-state index contributed by atoms with van der Waals surface area (Å²) in [5, 5.41) is 1.39. The fraction of sp³-hybridized carbons (Fsp3) is 0.429. The van der Waals surface area contributed by atoms with Gasteiger partial charge in [0.15, 0.2) is 6.17 Å². The third kappa shape index (κ3) is 3.10. The number of fused-ring (bicyclic) bond motifs is 5. The SMILES string of the molecule is CC(C)(C)OC(=O)C1=NC(c2ncn3c2[C@@H]2CCN2C(=O)c2ccccc2-3)N(CN)O1. The number of amides is 1. The fourth-order valence-electron chi connectivity index (χ4n) is 4.13. The Morgan fingerprint density at radius 1 is 1.32 bits per heavy atom. The number of aromatic nitrogens is 2. The minimum atomic E-state index is -0.716. The van der Waals surface area contributed by atoms with Crippen LogP contribution in [0.4, 0.5) is 0 Å². The van der Waals surface area contributed by atoms with E-state index in [1.807, 2.05) is 33.7 Å². The maximum absolute atomic E-state index is 13.0. The summed E-state index contributed by atoms with van der Waals surface area (Å²) in [5.74, 6) is -0.829. The van der Waals surface area contributed by atoms with Crippen molar-refractivity contribution in [3.05, 3.63) is 47.5 Å². The second kappa shape index (κ2) is 6.89. The lowest BCUT2D eigenvalue weighted by molar-refractivity contribution is -0.152. The lowest BCUT2D eigenvalue weighted by Gasteiger charge is -2.40. The highest BCUT2D eigenvalue weighted by molar-refractivity contribution is 6.33. The van der Waals surface area contributed by atoms with Gasteiger partial charge in [0, 0.05) is 6.54 Å². The maximum atomic E-state index is 13.0. The number of ether oxygens (including phenoxy) is 1. The topological polar surface area (TPSA) is 115 Å². The molecular formula is C21H24N6O4. The monoisotopic (exact) mass is 424 g/mol. The molecule has 0 bridgehead atoms. The summed E-state index contributed by atoms with van der Waals surface area (Å²) < 4.78 is 7.31. The zero-order chi connectivity index (χ0) is 21.9. The van der Waals surface area contributed by atoms with Crippen LogP contribution in [-0.4, -0.2) is 56.1 Å². The van der Waals surface area contributed by atoms with Crippen LogP contribution in [0.15, 0.2) is 35.6 Å². The Labute approximate surface area is 179 Å². The van der Waals surface area contributed by atoms with Gasteiger partial charge in [-0.15, -0.1) is 0 Å². The number of aliphatic imine (C=N–C) groups is 1. The summed E-state index contributed by atoms with van der Waals surface area (Å²) in [6, 6.07) is 7.34. The predicted octanol–water partition coefficient (Wildman–Crippen LogP) is 1.68.